The van der Waals surface area contributed by atoms with Crippen molar-refractivity contribution in [2.75, 3.05) is 36.6 Å². The first-order chi connectivity index (χ1) is 14.8. The normalized spacial score (nSPS) is 17.1. The van der Waals surface area contributed by atoms with Gasteiger partial charge in [0.15, 0.2) is 15.7 Å². The van der Waals surface area contributed by atoms with Crippen molar-refractivity contribution in [3.05, 3.63) is 36.7 Å². The third-order valence-electron chi connectivity index (χ3n) is 5.52. The number of nitrogen functional groups attached to an aromatic ring is 1. The van der Waals surface area contributed by atoms with Crippen molar-refractivity contribution in [1.82, 2.24) is 14.6 Å². The lowest BCUT2D eigenvalue weighted by Crippen LogP contribution is -2.39. The van der Waals surface area contributed by atoms with Crippen LogP contribution in [0, 0.1) is 5.92 Å². The van der Waals surface area contributed by atoms with Gasteiger partial charge in [-0.3, -0.25) is 4.79 Å². The molecule has 10 heteroatoms. The van der Waals surface area contributed by atoms with Crippen LogP contribution in [0.4, 0.5) is 11.5 Å². The summed E-state index contributed by atoms with van der Waals surface area (Å²) in [6.45, 7) is 3.47. The molecule has 0 aliphatic carbocycles. The van der Waals surface area contributed by atoms with Gasteiger partial charge in [-0.2, -0.15) is 5.10 Å². The number of hydrogen-bond acceptors (Lipinski definition) is 8. The Morgan fingerprint density at radius 1 is 1.29 bits per heavy atom. The molecule has 0 amide bonds. The minimum atomic E-state index is -3.29. The van der Waals surface area contributed by atoms with Gasteiger partial charge in [-0.1, -0.05) is 12.1 Å². The van der Waals surface area contributed by atoms with E-state index in [0.717, 1.165) is 36.3 Å². The third-order valence-corrected chi connectivity index (χ3v) is 6.65. The number of aromatic nitrogens is 3. The zero-order valence-electron chi connectivity index (χ0n) is 17.5. The van der Waals surface area contributed by atoms with E-state index in [4.69, 9.17) is 10.5 Å². The summed E-state index contributed by atoms with van der Waals surface area (Å²) in [6, 6.07) is 8.61. The van der Waals surface area contributed by atoms with E-state index in [1.54, 1.807) is 35.7 Å². The molecule has 0 saturated carbocycles. The molecule has 0 bridgehead atoms. The maximum Gasteiger partial charge on any atom is 0.310 e. The number of sulfone groups is 1. The number of rotatable bonds is 5. The lowest BCUT2D eigenvalue weighted by molar-refractivity contribution is -0.148. The van der Waals surface area contributed by atoms with Gasteiger partial charge in [0.25, 0.3) is 0 Å². The number of esters is 1. The minimum absolute atomic E-state index is 0.184. The molecule has 0 spiro atoms. The highest BCUT2D eigenvalue weighted by Gasteiger charge is 2.29. The zero-order chi connectivity index (χ0) is 22.2. The van der Waals surface area contributed by atoms with Crippen LogP contribution < -0.4 is 10.6 Å². The minimum Gasteiger partial charge on any atom is -0.466 e. The van der Waals surface area contributed by atoms with E-state index in [1.165, 1.54) is 12.6 Å². The maximum atomic E-state index is 12.3. The molecule has 1 atom stereocenters. The molecule has 3 heterocycles. The first-order valence-corrected chi connectivity index (χ1v) is 12.0. The molecule has 0 radical (unpaired) electrons. The molecule has 4 rings (SSSR count). The number of carbonyl (C=O) groups excluding carboxylic acids is 1. The van der Waals surface area contributed by atoms with E-state index in [0.29, 0.717) is 24.5 Å². The Kier molecular flexibility index (Phi) is 5.57. The summed E-state index contributed by atoms with van der Waals surface area (Å²) < 4.78 is 30.5. The Morgan fingerprint density at radius 3 is 2.71 bits per heavy atom. The largest absolute Gasteiger partial charge is 0.466 e. The molecular formula is C21H25N5O4S. The number of piperidine rings is 1. The Balaban J connectivity index is 1.76. The second kappa shape index (κ2) is 8.18. The van der Waals surface area contributed by atoms with Crippen LogP contribution >= 0.6 is 0 Å². The van der Waals surface area contributed by atoms with Crippen LogP contribution in [0.2, 0.25) is 0 Å². The molecule has 31 heavy (non-hydrogen) atoms. The second-order valence-electron chi connectivity index (χ2n) is 7.65. The summed E-state index contributed by atoms with van der Waals surface area (Å²) in [5.41, 5.74) is 9.27. The van der Waals surface area contributed by atoms with Gasteiger partial charge in [-0.25, -0.2) is 17.9 Å². The third kappa shape index (κ3) is 4.07. The van der Waals surface area contributed by atoms with Crippen molar-refractivity contribution in [3.8, 4) is 11.3 Å². The molecular weight excluding hydrogens is 418 g/mol. The summed E-state index contributed by atoms with van der Waals surface area (Å²) in [6.07, 6.45) is 4.20. The maximum absolute atomic E-state index is 12.3. The number of nitrogens with zero attached hydrogens (tertiary/aromatic N) is 4. The molecule has 1 aliphatic heterocycles. The molecule has 1 aliphatic rings. The van der Waals surface area contributed by atoms with Crippen LogP contribution in [0.15, 0.2) is 41.6 Å². The number of ether oxygens (including phenoxy) is 1. The summed E-state index contributed by atoms with van der Waals surface area (Å²) in [5.74, 6) is -0.0502. The molecule has 1 saturated heterocycles. The fraction of sp³-hybridized carbons (Fsp3) is 0.381. The van der Waals surface area contributed by atoms with Crippen molar-refractivity contribution in [2.24, 2.45) is 5.92 Å². The zero-order valence-corrected chi connectivity index (χ0v) is 18.3. The SMILES string of the molecule is CCOC(=O)[C@@H]1CCCN(c2cc(-c3ccc(S(C)(=O)=O)cc3)n3ncnc(N)c23)C1. The lowest BCUT2D eigenvalue weighted by atomic mass is 9.97. The van der Waals surface area contributed by atoms with E-state index in [-0.39, 0.29) is 16.8 Å². The molecule has 1 aromatic carbocycles. The van der Waals surface area contributed by atoms with Crippen LogP contribution in [-0.2, 0) is 19.4 Å². The second-order valence-corrected chi connectivity index (χ2v) is 9.67. The van der Waals surface area contributed by atoms with Crippen molar-refractivity contribution in [1.29, 1.82) is 0 Å². The van der Waals surface area contributed by atoms with E-state index in [9.17, 15) is 13.2 Å². The van der Waals surface area contributed by atoms with Gasteiger partial charge in [0.1, 0.15) is 11.8 Å². The van der Waals surface area contributed by atoms with Crippen LogP contribution in [0.25, 0.3) is 16.8 Å². The van der Waals surface area contributed by atoms with Gasteiger partial charge in [-0.15, -0.1) is 0 Å². The summed E-state index contributed by atoms with van der Waals surface area (Å²) in [7, 11) is -3.29. The van der Waals surface area contributed by atoms with Gasteiger partial charge in [0.05, 0.1) is 28.8 Å². The van der Waals surface area contributed by atoms with E-state index in [2.05, 4.69) is 15.0 Å². The van der Waals surface area contributed by atoms with Crippen molar-refractivity contribution < 1.29 is 17.9 Å². The summed E-state index contributed by atoms with van der Waals surface area (Å²) in [5, 5.41) is 4.38. The number of carbonyl (C=O) groups is 1. The first-order valence-electron chi connectivity index (χ1n) is 10.1. The number of hydrogen-bond donors (Lipinski definition) is 1. The van der Waals surface area contributed by atoms with Crippen LogP contribution in [0.3, 0.4) is 0 Å². The van der Waals surface area contributed by atoms with E-state index >= 15 is 0 Å². The van der Waals surface area contributed by atoms with E-state index < -0.39 is 9.84 Å². The fourth-order valence-corrected chi connectivity index (χ4v) is 4.65. The van der Waals surface area contributed by atoms with Gasteiger partial charge in [0, 0.05) is 24.9 Å². The Hall–Kier alpha value is -3.14. The molecule has 164 valence electrons. The smallest absolute Gasteiger partial charge is 0.310 e. The average Bonchev–Trinajstić information content (AvgIpc) is 3.15. The lowest BCUT2D eigenvalue weighted by Gasteiger charge is -2.32. The number of benzene rings is 1. The van der Waals surface area contributed by atoms with Crippen molar-refractivity contribution >= 4 is 32.8 Å². The van der Waals surface area contributed by atoms with E-state index in [1.807, 2.05) is 6.07 Å². The molecule has 0 unspecified atom stereocenters. The molecule has 9 nitrogen and oxygen atoms in total. The van der Waals surface area contributed by atoms with Gasteiger partial charge in [-0.05, 0) is 38.0 Å². The highest BCUT2D eigenvalue weighted by molar-refractivity contribution is 7.90. The Labute approximate surface area is 180 Å². The van der Waals surface area contributed by atoms with Crippen molar-refractivity contribution in [3.63, 3.8) is 0 Å². The number of fused-ring (bicyclic) bond motifs is 1. The predicted octanol–water partition coefficient (Wildman–Crippen LogP) is 2.16. The Morgan fingerprint density at radius 2 is 2.03 bits per heavy atom. The van der Waals surface area contributed by atoms with Crippen molar-refractivity contribution in [2.45, 2.75) is 24.7 Å². The van der Waals surface area contributed by atoms with Gasteiger partial charge in [0.2, 0.25) is 0 Å². The average molecular weight is 444 g/mol. The number of anilines is 2. The highest BCUT2D eigenvalue weighted by Crippen LogP contribution is 2.36. The van der Waals surface area contributed by atoms with Gasteiger partial charge < -0.3 is 15.4 Å². The molecule has 3 aromatic rings. The Bertz CT molecular complexity index is 1220. The topological polar surface area (TPSA) is 120 Å². The van der Waals surface area contributed by atoms with Crippen LogP contribution in [-0.4, -0.2) is 54.9 Å². The first kappa shape index (κ1) is 21.1. The highest BCUT2D eigenvalue weighted by atomic mass is 32.2. The number of nitrogens with two attached hydrogens (primary N) is 1. The molecule has 1 fully saturated rings. The standard InChI is InChI=1S/C21H25N5O4S/c1-3-30-21(27)15-5-4-10-25(12-15)18-11-17(26-19(18)20(22)23-13-24-26)14-6-8-16(9-7-14)31(2,28)29/h6-9,11,13,15H,3-5,10,12H2,1-2H3,(H2,22,23,24)/t15-/m1/s1. The van der Waals surface area contributed by atoms with Crippen LogP contribution in [0.5, 0.6) is 0 Å². The fourth-order valence-electron chi connectivity index (χ4n) is 4.02. The van der Waals surface area contributed by atoms with Gasteiger partial charge >= 0.3 is 5.97 Å². The van der Waals surface area contributed by atoms with Crippen LogP contribution in [0.1, 0.15) is 19.8 Å². The predicted molar refractivity (Wildman–Crippen MR) is 118 cm³/mol. The molecule has 2 aromatic heterocycles. The summed E-state index contributed by atoms with van der Waals surface area (Å²) in [4.78, 5) is 18.8. The monoisotopic (exact) mass is 443 g/mol. The molecule has 2 N–H and O–H groups in total. The summed E-state index contributed by atoms with van der Waals surface area (Å²) >= 11 is 0. The quantitative estimate of drug-likeness (QED) is 0.596.